The first-order valence-electron chi connectivity index (χ1n) is 5.68. The van der Waals surface area contributed by atoms with Crippen molar-refractivity contribution in [1.82, 2.24) is 14.9 Å². The molecule has 2 rings (SSSR count). The van der Waals surface area contributed by atoms with Crippen molar-refractivity contribution in [2.24, 2.45) is 0 Å². The second-order valence-corrected chi connectivity index (χ2v) is 5.01. The molecule has 0 saturated heterocycles. The Hall–Kier alpha value is -2.15. The maximum absolute atomic E-state index is 11.8. The summed E-state index contributed by atoms with van der Waals surface area (Å²) >= 11 is 1.49. The standard InChI is InChI=1S/C12H14N4O2S/c1-8-10(19-7-15-8)4-14-11(17)6-16-5-9(13)2-3-12(16)18/h2-3,5,7H,4,6,13H2,1H3,(H,14,17). The predicted octanol–water partition coefficient (Wildman–Crippen LogP) is 0.512. The minimum Gasteiger partial charge on any atom is -0.398 e. The number of nitrogens with one attached hydrogen (secondary N) is 1. The molecular formula is C12H14N4O2S. The van der Waals surface area contributed by atoms with Crippen molar-refractivity contribution in [2.45, 2.75) is 20.0 Å². The Kier molecular flexibility index (Phi) is 3.96. The van der Waals surface area contributed by atoms with E-state index >= 15 is 0 Å². The molecule has 3 N–H and O–H groups in total. The Morgan fingerprint density at radius 3 is 3.00 bits per heavy atom. The lowest BCUT2D eigenvalue weighted by atomic mass is 10.4. The van der Waals surface area contributed by atoms with Crippen LogP contribution in [-0.4, -0.2) is 15.5 Å². The number of pyridine rings is 1. The minimum atomic E-state index is -0.252. The molecular weight excluding hydrogens is 264 g/mol. The van der Waals surface area contributed by atoms with Crippen LogP contribution < -0.4 is 16.6 Å². The zero-order valence-corrected chi connectivity index (χ0v) is 11.2. The van der Waals surface area contributed by atoms with Gasteiger partial charge in [-0.05, 0) is 13.0 Å². The molecule has 2 heterocycles. The smallest absolute Gasteiger partial charge is 0.251 e. The highest BCUT2D eigenvalue weighted by Gasteiger charge is 2.06. The average molecular weight is 278 g/mol. The number of nitrogens with zero attached hydrogens (tertiary/aromatic N) is 2. The molecule has 19 heavy (non-hydrogen) atoms. The summed E-state index contributed by atoms with van der Waals surface area (Å²) in [5.74, 6) is -0.236. The molecule has 1 amide bonds. The first kappa shape index (κ1) is 13.3. The van der Waals surface area contributed by atoms with Gasteiger partial charge in [0.2, 0.25) is 5.91 Å². The summed E-state index contributed by atoms with van der Waals surface area (Å²) in [6.07, 6.45) is 1.46. The fraction of sp³-hybridized carbons (Fsp3) is 0.250. The zero-order chi connectivity index (χ0) is 13.8. The van der Waals surface area contributed by atoms with Crippen molar-refractivity contribution in [3.8, 4) is 0 Å². The van der Waals surface area contributed by atoms with Crippen LogP contribution in [0.1, 0.15) is 10.6 Å². The highest BCUT2D eigenvalue weighted by Crippen LogP contribution is 2.11. The Bertz CT molecular complexity index is 647. The van der Waals surface area contributed by atoms with Crippen LogP contribution in [-0.2, 0) is 17.9 Å². The number of nitrogen functional groups attached to an aromatic ring is 1. The summed E-state index contributed by atoms with van der Waals surface area (Å²) in [6, 6.07) is 2.85. The lowest BCUT2D eigenvalue weighted by Crippen LogP contribution is -2.31. The largest absolute Gasteiger partial charge is 0.398 e. The normalized spacial score (nSPS) is 10.4. The van der Waals surface area contributed by atoms with E-state index in [4.69, 9.17) is 5.73 Å². The zero-order valence-electron chi connectivity index (χ0n) is 10.4. The Balaban J connectivity index is 1.96. The predicted molar refractivity (Wildman–Crippen MR) is 73.8 cm³/mol. The van der Waals surface area contributed by atoms with Gasteiger partial charge in [0.05, 0.1) is 17.7 Å². The van der Waals surface area contributed by atoms with Crippen molar-refractivity contribution >= 4 is 22.9 Å². The maximum atomic E-state index is 11.8. The van der Waals surface area contributed by atoms with Crippen LogP contribution in [0, 0.1) is 6.92 Å². The van der Waals surface area contributed by atoms with E-state index in [1.807, 2.05) is 6.92 Å². The molecule has 0 fully saturated rings. The topological polar surface area (TPSA) is 90.0 Å². The Morgan fingerprint density at radius 2 is 2.32 bits per heavy atom. The summed E-state index contributed by atoms with van der Waals surface area (Å²) in [5.41, 5.74) is 8.42. The molecule has 0 aliphatic rings. The van der Waals surface area contributed by atoms with Gasteiger partial charge in [-0.3, -0.25) is 9.59 Å². The lowest BCUT2D eigenvalue weighted by Gasteiger charge is -2.07. The van der Waals surface area contributed by atoms with Crippen LogP contribution in [0.25, 0.3) is 0 Å². The van der Waals surface area contributed by atoms with Crippen molar-refractivity contribution in [3.63, 3.8) is 0 Å². The lowest BCUT2D eigenvalue weighted by molar-refractivity contribution is -0.121. The summed E-state index contributed by atoms with van der Waals surface area (Å²) in [5, 5.41) is 2.75. The van der Waals surface area contributed by atoms with Gasteiger partial charge >= 0.3 is 0 Å². The first-order valence-corrected chi connectivity index (χ1v) is 6.56. The number of thiazole rings is 1. The fourth-order valence-corrected chi connectivity index (χ4v) is 2.28. The Labute approximate surface area is 113 Å². The first-order chi connectivity index (χ1) is 9.06. The molecule has 0 aliphatic carbocycles. The molecule has 6 nitrogen and oxygen atoms in total. The van der Waals surface area contributed by atoms with Gasteiger partial charge in [0.25, 0.3) is 5.56 Å². The van der Waals surface area contributed by atoms with Gasteiger partial charge in [-0.2, -0.15) is 0 Å². The monoisotopic (exact) mass is 278 g/mol. The number of hydrogen-bond acceptors (Lipinski definition) is 5. The number of anilines is 1. The van der Waals surface area contributed by atoms with E-state index in [1.165, 1.54) is 34.2 Å². The number of aryl methyl sites for hydroxylation is 1. The molecule has 100 valence electrons. The van der Waals surface area contributed by atoms with E-state index in [-0.39, 0.29) is 18.0 Å². The molecule has 0 aromatic carbocycles. The van der Waals surface area contributed by atoms with E-state index in [0.717, 1.165) is 10.6 Å². The van der Waals surface area contributed by atoms with E-state index in [9.17, 15) is 9.59 Å². The molecule has 0 bridgehead atoms. The van der Waals surface area contributed by atoms with E-state index in [2.05, 4.69) is 10.3 Å². The average Bonchev–Trinajstić information content (AvgIpc) is 2.77. The number of carbonyl (C=O) groups excluding carboxylic acids is 1. The number of nitrogens with two attached hydrogens (primary N) is 1. The minimum absolute atomic E-state index is 0.0400. The molecule has 2 aromatic rings. The van der Waals surface area contributed by atoms with Crippen LogP contribution in [0.15, 0.2) is 28.6 Å². The van der Waals surface area contributed by atoms with Gasteiger partial charge in [0.1, 0.15) is 6.54 Å². The van der Waals surface area contributed by atoms with E-state index in [1.54, 1.807) is 5.51 Å². The molecule has 0 spiro atoms. The fourth-order valence-electron chi connectivity index (χ4n) is 1.56. The van der Waals surface area contributed by atoms with Gasteiger partial charge < -0.3 is 15.6 Å². The molecule has 0 atom stereocenters. The van der Waals surface area contributed by atoms with Crippen LogP contribution in [0.2, 0.25) is 0 Å². The van der Waals surface area contributed by atoms with Gasteiger partial charge in [-0.15, -0.1) is 11.3 Å². The summed E-state index contributed by atoms with van der Waals surface area (Å²) in [6.45, 7) is 2.27. The van der Waals surface area contributed by atoms with Gasteiger partial charge in [-0.25, -0.2) is 4.98 Å². The molecule has 7 heteroatoms. The van der Waals surface area contributed by atoms with Crippen LogP contribution in [0.5, 0.6) is 0 Å². The molecule has 2 aromatic heterocycles. The van der Waals surface area contributed by atoms with Crippen molar-refractivity contribution < 1.29 is 4.79 Å². The summed E-state index contributed by atoms with van der Waals surface area (Å²) < 4.78 is 1.28. The van der Waals surface area contributed by atoms with Gasteiger partial charge in [-0.1, -0.05) is 0 Å². The third-order valence-electron chi connectivity index (χ3n) is 2.61. The van der Waals surface area contributed by atoms with Crippen LogP contribution in [0.3, 0.4) is 0 Å². The molecule has 0 unspecified atom stereocenters. The van der Waals surface area contributed by atoms with Crippen LogP contribution in [0.4, 0.5) is 5.69 Å². The van der Waals surface area contributed by atoms with Crippen LogP contribution >= 0.6 is 11.3 Å². The van der Waals surface area contributed by atoms with Gasteiger partial charge in [0.15, 0.2) is 0 Å². The highest BCUT2D eigenvalue weighted by atomic mass is 32.1. The number of aromatic nitrogens is 2. The number of amides is 1. The number of rotatable bonds is 4. The van der Waals surface area contributed by atoms with Crippen molar-refractivity contribution in [2.75, 3.05) is 5.73 Å². The second kappa shape index (κ2) is 5.66. The third-order valence-corrected chi connectivity index (χ3v) is 3.55. The second-order valence-electron chi connectivity index (χ2n) is 4.07. The third kappa shape index (κ3) is 3.41. The summed E-state index contributed by atoms with van der Waals surface area (Å²) in [4.78, 5) is 28.4. The molecule has 0 saturated carbocycles. The van der Waals surface area contributed by atoms with E-state index in [0.29, 0.717) is 12.2 Å². The molecule has 0 aliphatic heterocycles. The number of carbonyl (C=O) groups is 1. The van der Waals surface area contributed by atoms with E-state index < -0.39 is 0 Å². The quantitative estimate of drug-likeness (QED) is 0.852. The highest BCUT2D eigenvalue weighted by molar-refractivity contribution is 7.09. The Morgan fingerprint density at radius 1 is 1.53 bits per heavy atom. The maximum Gasteiger partial charge on any atom is 0.251 e. The summed E-state index contributed by atoms with van der Waals surface area (Å²) in [7, 11) is 0. The SMILES string of the molecule is Cc1ncsc1CNC(=O)Cn1cc(N)ccc1=O. The van der Waals surface area contributed by atoms with Crippen molar-refractivity contribution in [1.29, 1.82) is 0 Å². The van der Waals surface area contributed by atoms with Gasteiger partial charge in [0, 0.05) is 22.8 Å². The molecule has 0 radical (unpaired) electrons. The number of hydrogen-bond donors (Lipinski definition) is 2. The van der Waals surface area contributed by atoms with Crippen molar-refractivity contribution in [3.05, 3.63) is 44.8 Å².